The first-order valence-corrected chi connectivity index (χ1v) is 8.93. The van der Waals surface area contributed by atoms with Crippen molar-refractivity contribution in [3.63, 3.8) is 0 Å². The average molecular weight is 365 g/mol. The van der Waals surface area contributed by atoms with Crippen molar-refractivity contribution in [3.05, 3.63) is 23.8 Å². The molecule has 1 heterocycles. The number of methoxy groups -OCH3 is 2. The molecular formula is C19H31N3O4. The fourth-order valence-electron chi connectivity index (χ4n) is 3.12. The third-order valence-corrected chi connectivity index (χ3v) is 4.43. The van der Waals surface area contributed by atoms with Crippen molar-refractivity contribution in [2.45, 2.75) is 32.4 Å². The average Bonchev–Trinajstić information content (AvgIpc) is 2.61. The van der Waals surface area contributed by atoms with E-state index in [1.165, 1.54) is 0 Å². The molecule has 0 radical (unpaired) electrons. The summed E-state index contributed by atoms with van der Waals surface area (Å²) < 4.78 is 16.3. The van der Waals surface area contributed by atoms with Gasteiger partial charge < -0.3 is 24.8 Å². The van der Waals surface area contributed by atoms with Crippen molar-refractivity contribution in [2.24, 2.45) is 5.73 Å². The molecule has 7 nitrogen and oxygen atoms in total. The Morgan fingerprint density at radius 3 is 2.31 bits per heavy atom. The summed E-state index contributed by atoms with van der Waals surface area (Å²) in [6.07, 6.45) is -0.264. The minimum Gasteiger partial charge on any atom is -0.497 e. The molecule has 2 rings (SSSR count). The van der Waals surface area contributed by atoms with E-state index in [1.807, 2.05) is 39.0 Å². The summed E-state index contributed by atoms with van der Waals surface area (Å²) in [5, 5.41) is 0. The summed E-state index contributed by atoms with van der Waals surface area (Å²) in [5.74, 6) is 1.56. The Morgan fingerprint density at radius 2 is 1.81 bits per heavy atom. The Kier molecular flexibility index (Phi) is 6.72. The molecule has 146 valence electrons. The number of ether oxygens (including phenoxy) is 3. The second kappa shape index (κ2) is 8.60. The number of piperazine rings is 1. The standard InChI is InChI=1S/C19H31N3O4/c1-19(2,3)26-18(23)22-10-8-21(9-11-22)16(13-20)15-12-14(24-4)6-7-17(15)25-5/h6-7,12,16H,8-11,13,20H2,1-5H3. The van der Waals surface area contributed by atoms with E-state index in [4.69, 9.17) is 19.9 Å². The smallest absolute Gasteiger partial charge is 0.410 e. The number of hydrogen-bond donors (Lipinski definition) is 1. The molecule has 0 bridgehead atoms. The Bertz CT molecular complexity index is 607. The Morgan fingerprint density at radius 1 is 1.15 bits per heavy atom. The van der Waals surface area contributed by atoms with E-state index in [0.29, 0.717) is 19.6 Å². The Hall–Kier alpha value is -1.99. The van der Waals surface area contributed by atoms with E-state index in [2.05, 4.69) is 4.90 Å². The van der Waals surface area contributed by atoms with Crippen LogP contribution in [0.4, 0.5) is 4.79 Å². The van der Waals surface area contributed by atoms with Crippen molar-refractivity contribution < 1.29 is 19.0 Å². The lowest BCUT2D eigenvalue weighted by molar-refractivity contribution is 0.0105. The van der Waals surface area contributed by atoms with Crippen molar-refractivity contribution in [1.29, 1.82) is 0 Å². The second-order valence-corrected chi connectivity index (χ2v) is 7.36. The molecule has 1 fully saturated rings. The molecule has 0 spiro atoms. The van der Waals surface area contributed by atoms with Gasteiger partial charge in [-0.25, -0.2) is 4.79 Å². The topological polar surface area (TPSA) is 77.3 Å². The third-order valence-electron chi connectivity index (χ3n) is 4.43. The zero-order valence-electron chi connectivity index (χ0n) is 16.4. The van der Waals surface area contributed by atoms with Crippen molar-refractivity contribution in [1.82, 2.24) is 9.80 Å². The Balaban J connectivity index is 2.08. The van der Waals surface area contributed by atoms with Crippen LogP contribution in [0.1, 0.15) is 32.4 Å². The monoisotopic (exact) mass is 365 g/mol. The normalized spacial score (nSPS) is 16.9. The molecule has 1 aromatic rings. The van der Waals surface area contributed by atoms with E-state index in [0.717, 1.165) is 30.2 Å². The highest BCUT2D eigenvalue weighted by molar-refractivity contribution is 5.68. The van der Waals surface area contributed by atoms with E-state index >= 15 is 0 Å². The van der Waals surface area contributed by atoms with Gasteiger partial charge in [0.25, 0.3) is 0 Å². The van der Waals surface area contributed by atoms with Crippen LogP contribution in [0.3, 0.4) is 0 Å². The van der Waals surface area contributed by atoms with Gasteiger partial charge in [-0.1, -0.05) is 0 Å². The molecule has 1 unspecified atom stereocenters. The van der Waals surface area contributed by atoms with Gasteiger partial charge in [0.05, 0.1) is 20.3 Å². The number of rotatable bonds is 5. The summed E-state index contributed by atoms with van der Waals surface area (Å²) in [6, 6.07) is 5.74. The van der Waals surface area contributed by atoms with Gasteiger partial charge in [-0.2, -0.15) is 0 Å². The molecule has 0 aliphatic carbocycles. The predicted octanol–water partition coefficient (Wildman–Crippen LogP) is 2.26. The van der Waals surface area contributed by atoms with E-state index < -0.39 is 5.60 Å². The maximum atomic E-state index is 12.2. The zero-order valence-corrected chi connectivity index (χ0v) is 16.4. The summed E-state index contributed by atoms with van der Waals surface area (Å²) in [7, 11) is 3.29. The molecule has 1 atom stereocenters. The fraction of sp³-hybridized carbons (Fsp3) is 0.632. The van der Waals surface area contributed by atoms with Gasteiger partial charge in [-0.15, -0.1) is 0 Å². The lowest BCUT2D eigenvalue weighted by atomic mass is 10.0. The predicted molar refractivity (Wildman–Crippen MR) is 101 cm³/mol. The van der Waals surface area contributed by atoms with Gasteiger partial charge >= 0.3 is 6.09 Å². The molecule has 1 aliphatic heterocycles. The number of amides is 1. The summed E-state index contributed by atoms with van der Waals surface area (Å²) in [6.45, 7) is 8.75. The highest BCUT2D eigenvalue weighted by atomic mass is 16.6. The molecular weight excluding hydrogens is 334 g/mol. The summed E-state index contributed by atoms with van der Waals surface area (Å²) in [4.78, 5) is 16.3. The Labute approximate surface area is 156 Å². The van der Waals surface area contributed by atoms with Gasteiger partial charge in [0.2, 0.25) is 0 Å². The molecule has 1 aromatic carbocycles. The number of nitrogens with two attached hydrogens (primary N) is 1. The number of nitrogens with zero attached hydrogens (tertiary/aromatic N) is 2. The van der Waals surface area contributed by atoms with Crippen LogP contribution in [0.25, 0.3) is 0 Å². The van der Waals surface area contributed by atoms with Crippen LogP contribution >= 0.6 is 0 Å². The fourth-order valence-corrected chi connectivity index (χ4v) is 3.12. The van der Waals surface area contributed by atoms with E-state index in [-0.39, 0.29) is 12.1 Å². The molecule has 0 aromatic heterocycles. The number of benzene rings is 1. The lowest BCUT2D eigenvalue weighted by Gasteiger charge is -2.39. The summed E-state index contributed by atoms with van der Waals surface area (Å²) >= 11 is 0. The minimum absolute atomic E-state index is 0.000775. The van der Waals surface area contributed by atoms with E-state index in [9.17, 15) is 4.79 Å². The highest BCUT2D eigenvalue weighted by Crippen LogP contribution is 2.32. The zero-order chi connectivity index (χ0) is 19.3. The van der Waals surface area contributed by atoms with Crippen LogP contribution in [-0.2, 0) is 4.74 Å². The first-order chi connectivity index (χ1) is 12.3. The van der Waals surface area contributed by atoms with Crippen molar-refractivity contribution in [3.8, 4) is 11.5 Å². The van der Waals surface area contributed by atoms with Crippen LogP contribution < -0.4 is 15.2 Å². The first kappa shape index (κ1) is 20.3. The van der Waals surface area contributed by atoms with Crippen molar-refractivity contribution >= 4 is 6.09 Å². The largest absolute Gasteiger partial charge is 0.497 e. The molecule has 1 saturated heterocycles. The van der Waals surface area contributed by atoms with Crippen LogP contribution in [0, 0.1) is 0 Å². The summed E-state index contributed by atoms with van der Waals surface area (Å²) in [5.41, 5.74) is 6.60. The van der Waals surface area contributed by atoms with Gasteiger partial charge in [-0.05, 0) is 39.0 Å². The molecule has 1 amide bonds. The minimum atomic E-state index is -0.484. The second-order valence-electron chi connectivity index (χ2n) is 7.36. The molecule has 7 heteroatoms. The van der Waals surface area contributed by atoms with Crippen LogP contribution in [0.5, 0.6) is 11.5 Å². The number of carbonyl (C=O) groups excluding carboxylic acids is 1. The quantitative estimate of drug-likeness (QED) is 0.862. The molecule has 0 saturated carbocycles. The SMILES string of the molecule is COc1ccc(OC)c(C(CN)N2CCN(C(=O)OC(C)(C)C)CC2)c1. The van der Waals surface area contributed by atoms with Crippen molar-refractivity contribution in [2.75, 3.05) is 46.9 Å². The number of hydrogen-bond acceptors (Lipinski definition) is 6. The van der Waals surface area contributed by atoms with Crippen LogP contribution in [0.15, 0.2) is 18.2 Å². The lowest BCUT2D eigenvalue weighted by Crippen LogP contribution is -2.51. The first-order valence-electron chi connectivity index (χ1n) is 8.93. The highest BCUT2D eigenvalue weighted by Gasteiger charge is 2.30. The maximum absolute atomic E-state index is 12.2. The van der Waals surface area contributed by atoms with Gasteiger partial charge in [0.1, 0.15) is 17.1 Å². The van der Waals surface area contributed by atoms with Gasteiger partial charge in [0, 0.05) is 38.3 Å². The van der Waals surface area contributed by atoms with Gasteiger partial charge in [-0.3, -0.25) is 4.90 Å². The van der Waals surface area contributed by atoms with E-state index in [1.54, 1.807) is 19.1 Å². The maximum Gasteiger partial charge on any atom is 0.410 e. The molecule has 2 N–H and O–H groups in total. The third kappa shape index (κ3) is 5.02. The molecule has 1 aliphatic rings. The number of carbonyl (C=O) groups is 1. The van der Waals surface area contributed by atoms with Gasteiger partial charge in [0.15, 0.2) is 0 Å². The van der Waals surface area contributed by atoms with Crippen LogP contribution in [0.2, 0.25) is 0 Å². The molecule has 26 heavy (non-hydrogen) atoms. The van der Waals surface area contributed by atoms with Crippen LogP contribution in [-0.4, -0.2) is 68.4 Å².